The minimum atomic E-state index is 0. The van der Waals surface area contributed by atoms with Gasteiger partial charge in [0.2, 0.25) is 0 Å². The van der Waals surface area contributed by atoms with Crippen LogP contribution in [0.5, 0.6) is 0 Å². The Hall–Kier alpha value is -3.03. The van der Waals surface area contributed by atoms with Gasteiger partial charge in [-0.15, -0.1) is 69.1 Å². The third-order valence-electron chi connectivity index (χ3n) is 9.69. The molecule has 0 amide bonds. The Morgan fingerprint density at radius 2 is 0.953 bits per heavy atom. The maximum absolute atomic E-state index is 2.55. The first-order valence-corrected chi connectivity index (χ1v) is 15.3. The molecule has 6 aromatic rings. The fourth-order valence-corrected chi connectivity index (χ4v) is 7.57. The molecule has 1 aliphatic rings. The molecule has 43 heavy (non-hydrogen) atoms. The second-order valence-electron chi connectivity index (χ2n) is 11.8. The van der Waals surface area contributed by atoms with Crippen LogP contribution < -0.4 is 0 Å². The van der Waals surface area contributed by atoms with Crippen molar-refractivity contribution in [1.29, 1.82) is 0 Å². The van der Waals surface area contributed by atoms with Crippen LogP contribution >= 0.6 is 0 Å². The van der Waals surface area contributed by atoms with Crippen molar-refractivity contribution >= 4 is 21.5 Å². The molecule has 0 bridgehead atoms. The van der Waals surface area contributed by atoms with Gasteiger partial charge in [-0.1, -0.05) is 105 Å². The fraction of sp³-hybridized carbons (Fsp3) is 0.238. The van der Waals surface area contributed by atoms with Crippen molar-refractivity contribution in [2.75, 3.05) is 0 Å². The molecular formula is C42H44Hf. The zero-order valence-electron chi connectivity index (χ0n) is 26.3. The number of aryl methyl sites for hydroxylation is 2. The van der Waals surface area contributed by atoms with Crippen LogP contribution in [0.25, 0.3) is 43.8 Å². The standard InChI is InChI=1S/C40H38.2CH3.Hf/c1-3-28-14-6-8-18-34(28)36-20-12-16-30-24-32(26-38(30)36)40(22-10-5-11-23-40)33-25-31-17-13-21-37(39(31)27-33)35-19-9-7-15-29(35)4-2;;;/h6-9,12-21,24-27H,3-5,10-11,22-23H2,1-2H3;2*1H3;/q-2;2*-1;+4. The smallest absolute Gasteiger partial charge is 0.358 e. The third-order valence-corrected chi connectivity index (χ3v) is 9.69. The summed E-state index contributed by atoms with van der Waals surface area (Å²) >= 11 is 0. The number of benzene rings is 4. The molecule has 0 unspecified atom stereocenters. The van der Waals surface area contributed by atoms with Crippen LogP contribution in [0.1, 0.15) is 68.2 Å². The summed E-state index contributed by atoms with van der Waals surface area (Å²) in [6.07, 6.45) is 8.47. The van der Waals surface area contributed by atoms with Gasteiger partial charge in [0.15, 0.2) is 0 Å². The summed E-state index contributed by atoms with van der Waals surface area (Å²) in [7, 11) is 0. The molecule has 0 radical (unpaired) electrons. The molecule has 0 aliphatic heterocycles. The van der Waals surface area contributed by atoms with E-state index in [1.54, 1.807) is 0 Å². The fourth-order valence-electron chi connectivity index (χ4n) is 7.57. The molecule has 7 rings (SSSR count). The summed E-state index contributed by atoms with van der Waals surface area (Å²) in [6.45, 7) is 4.53. The van der Waals surface area contributed by atoms with Gasteiger partial charge in [-0.2, -0.15) is 12.1 Å². The van der Waals surface area contributed by atoms with E-state index >= 15 is 0 Å². The molecule has 0 heterocycles. The van der Waals surface area contributed by atoms with E-state index in [0.717, 1.165) is 12.8 Å². The maximum atomic E-state index is 2.55. The van der Waals surface area contributed by atoms with Gasteiger partial charge in [-0.25, -0.2) is 0 Å². The van der Waals surface area contributed by atoms with Gasteiger partial charge in [-0.05, 0) is 53.4 Å². The molecule has 1 heteroatoms. The largest absolute Gasteiger partial charge is 4.00 e. The molecule has 0 saturated heterocycles. The Kier molecular flexibility index (Phi) is 10.5. The predicted octanol–water partition coefficient (Wildman–Crippen LogP) is 12.0. The molecule has 0 N–H and O–H groups in total. The quantitative estimate of drug-likeness (QED) is 0.118. The Bertz CT molecular complexity index is 1680. The summed E-state index contributed by atoms with van der Waals surface area (Å²) in [5, 5.41) is 5.54. The van der Waals surface area contributed by atoms with Crippen LogP contribution in [0.2, 0.25) is 0 Å². The van der Waals surface area contributed by atoms with Gasteiger partial charge >= 0.3 is 25.8 Å². The van der Waals surface area contributed by atoms with Gasteiger partial charge in [0.1, 0.15) is 0 Å². The molecule has 6 aromatic carbocycles. The van der Waals surface area contributed by atoms with Crippen molar-refractivity contribution in [3.05, 3.63) is 146 Å². The summed E-state index contributed by atoms with van der Waals surface area (Å²) < 4.78 is 0. The van der Waals surface area contributed by atoms with Crippen LogP contribution in [0.15, 0.2) is 109 Å². The van der Waals surface area contributed by atoms with Gasteiger partial charge < -0.3 is 14.9 Å². The zero-order chi connectivity index (χ0) is 27.1. The topological polar surface area (TPSA) is 0 Å². The van der Waals surface area contributed by atoms with Crippen molar-refractivity contribution in [1.82, 2.24) is 0 Å². The van der Waals surface area contributed by atoms with E-state index in [0.29, 0.717) is 0 Å². The molecule has 0 nitrogen and oxygen atoms in total. The molecule has 1 saturated carbocycles. The van der Waals surface area contributed by atoms with E-state index in [9.17, 15) is 0 Å². The second-order valence-corrected chi connectivity index (χ2v) is 11.8. The van der Waals surface area contributed by atoms with Gasteiger partial charge in [0, 0.05) is 0 Å². The molecule has 0 aromatic heterocycles. The molecule has 0 spiro atoms. The Balaban J connectivity index is 0.00000141. The van der Waals surface area contributed by atoms with E-state index in [1.807, 2.05) is 0 Å². The second kappa shape index (κ2) is 13.7. The van der Waals surface area contributed by atoms with E-state index in [2.05, 4.69) is 123 Å². The monoisotopic (exact) mass is 728 g/mol. The van der Waals surface area contributed by atoms with Crippen LogP contribution in [0.3, 0.4) is 0 Å². The van der Waals surface area contributed by atoms with Crippen molar-refractivity contribution in [2.24, 2.45) is 0 Å². The molecule has 216 valence electrons. The van der Waals surface area contributed by atoms with Crippen molar-refractivity contribution in [3.63, 3.8) is 0 Å². The average molecular weight is 727 g/mol. The molecule has 1 aliphatic carbocycles. The van der Waals surface area contributed by atoms with E-state index in [1.165, 1.54) is 98.2 Å². The minimum absolute atomic E-state index is 0. The average Bonchev–Trinajstić information content (AvgIpc) is 3.67. The van der Waals surface area contributed by atoms with Crippen LogP contribution in [0.4, 0.5) is 0 Å². The van der Waals surface area contributed by atoms with Crippen molar-refractivity contribution in [2.45, 2.75) is 64.2 Å². The van der Waals surface area contributed by atoms with Crippen LogP contribution in [-0.4, -0.2) is 0 Å². The van der Waals surface area contributed by atoms with Gasteiger partial charge in [-0.3, -0.25) is 0 Å². The third kappa shape index (κ3) is 5.66. The number of hydrogen-bond acceptors (Lipinski definition) is 0. The SMILES string of the molecule is CCc1ccccc1-c1cccc2[cH-]c(C3(c4cc5c(-c6ccccc6CC)cccc5[cH-]4)CCCCC3)cc12.[CH3-].[CH3-].[Hf+4]. The van der Waals surface area contributed by atoms with Crippen molar-refractivity contribution in [3.8, 4) is 22.3 Å². The summed E-state index contributed by atoms with van der Waals surface area (Å²) in [6, 6.07) is 41.8. The summed E-state index contributed by atoms with van der Waals surface area (Å²) in [4.78, 5) is 0. The Morgan fingerprint density at radius 3 is 1.40 bits per heavy atom. The van der Waals surface area contributed by atoms with Crippen LogP contribution in [-0.2, 0) is 44.1 Å². The summed E-state index contributed by atoms with van der Waals surface area (Å²) in [5.74, 6) is 0. The zero-order valence-corrected chi connectivity index (χ0v) is 29.9. The van der Waals surface area contributed by atoms with Gasteiger partial charge in [0.05, 0.1) is 0 Å². The first-order chi connectivity index (χ1) is 19.7. The Morgan fingerprint density at radius 1 is 0.535 bits per heavy atom. The number of hydrogen-bond donors (Lipinski definition) is 0. The Labute approximate surface area is 278 Å². The minimum Gasteiger partial charge on any atom is -0.358 e. The van der Waals surface area contributed by atoms with E-state index < -0.39 is 0 Å². The van der Waals surface area contributed by atoms with Crippen LogP contribution in [0, 0.1) is 14.9 Å². The van der Waals surface area contributed by atoms with Gasteiger partial charge in [0.25, 0.3) is 0 Å². The molecular weight excluding hydrogens is 683 g/mol. The maximum Gasteiger partial charge on any atom is 4.00 e. The number of fused-ring (bicyclic) bond motifs is 2. The molecule has 0 atom stereocenters. The molecule has 1 fully saturated rings. The first-order valence-electron chi connectivity index (χ1n) is 15.3. The van der Waals surface area contributed by atoms with E-state index in [-0.39, 0.29) is 46.1 Å². The van der Waals surface area contributed by atoms with E-state index in [4.69, 9.17) is 0 Å². The normalized spacial score (nSPS) is 14.1. The summed E-state index contributed by atoms with van der Waals surface area (Å²) in [5.41, 5.74) is 11.4. The predicted molar refractivity (Wildman–Crippen MR) is 185 cm³/mol. The first kappa shape index (κ1) is 32.9. The van der Waals surface area contributed by atoms with Crippen molar-refractivity contribution < 1.29 is 25.8 Å². The number of rotatable bonds is 6.